The Bertz CT molecular complexity index is 2470. The minimum Gasteiger partial charge on any atom is -0.351 e. The lowest BCUT2D eigenvalue weighted by Crippen LogP contribution is -2.48. The summed E-state index contributed by atoms with van der Waals surface area (Å²) in [6, 6.07) is 5.99. The van der Waals surface area contributed by atoms with E-state index in [4.69, 9.17) is 0 Å². The maximum Gasteiger partial charge on any atom is 0.329 e. The number of aromatic nitrogens is 5. The summed E-state index contributed by atoms with van der Waals surface area (Å²) in [7, 11) is -0.346. The predicted octanol–water partition coefficient (Wildman–Crippen LogP) is 3.80. The fourth-order valence-corrected chi connectivity index (χ4v) is 11.0. The third-order valence-electron chi connectivity index (χ3n) is 12.9. The van der Waals surface area contributed by atoms with E-state index in [1.807, 2.05) is 12.1 Å². The SMILES string of the molecule is CN(CCCN1CCC(c2cccc3c2n(C)c(=O)n3C2CCC(=O)NC2=O)CC1)S(=O)(=O)N1CCC(Nc2ncc3cc(C(F)F)c(=O)n(C4CCCC4)c3n2)CC1. The number of alkyl halides is 2. The molecule has 0 spiro atoms. The Kier molecular flexibility index (Phi) is 11.7. The van der Waals surface area contributed by atoms with Crippen LogP contribution in [-0.4, -0.2) is 110 Å². The number of nitrogens with one attached hydrogen (secondary N) is 2. The van der Waals surface area contributed by atoms with Crippen molar-refractivity contribution in [2.45, 2.75) is 101 Å². The van der Waals surface area contributed by atoms with E-state index in [-0.39, 0.29) is 48.4 Å². The van der Waals surface area contributed by atoms with E-state index in [2.05, 4.69) is 31.6 Å². The number of likely N-dealkylation sites (tertiary alicyclic amines) is 1. The van der Waals surface area contributed by atoms with Gasteiger partial charge in [-0.3, -0.25) is 33.4 Å². The summed E-state index contributed by atoms with van der Waals surface area (Å²) in [5.74, 6) is -0.284. The molecule has 3 aliphatic heterocycles. The molecule has 19 heteroatoms. The number of pyridine rings is 1. The average Bonchev–Trinajstić information content (AvgIpc) is 3.84. The van der Waals surface area contributed by atoms with Gasteiger partial charge in [-0.05, 0) is 94.6 Å². The summed E-state index contributed by atoms with van der Waals surface area (Å²) >= 11 is 0. The number of hydrogen-bond donors (Lipinski definition) is 2. The first-order chi connectivity index (χ1) is 28.3. The van der Waals surface area contributed by atoms with Gasteiger partial charge in [0.1, 0.15) is 11.7 Å². The van der Waals surface area contributed by atoms with Crippen molar-refractivity contribution >= 4 is 50.0 Å². The summed E-state index contributed by atoms with van der Waals surface area (Å²) in [4.78, 5) is 62.3. The van der Waals surface area contributed by atoms with Gasteiger partial charge >= 0.3 is 5.69 Å². The topological polar surface area (TPSA) is 177 Å². The molecule has 3 saturated heterocycles. The molecule has 1 saturated carbocycles. The van der Waals surface area contributed by atoms with Gasteiger partial charge in [0.25, 0.3) is 22.2 Å². The van der Waals surface area contributed by atoms with Crippen LogP contribution in [0.3, 0.4) is 0 Å². The van der Waals surface area contributed by atoms with Gasteiger partial charge in [-0.15, -0.1) is 0 Å². The molecule has 4 aromatic rings. The first-order valence-electron chi connectivity index (χ1n) is 20.8. The zero-order valence-electron chi connectivity index (χ0n) is 33.5. The van der Waals surface area contributed by atoms with E-state index in [0.29, 0.717) is 55.4 Å². The number of piperidine rings is 3. The zero-order chi connectivity index (χ0) is 41.6. The number of halogens is 2. The molecule has 6 heterocycles. The van der Waals surface area contributed by atoms with Crippen LogP contribution >= 0.6 is 0 Å². The Morgan fingerprint density at radius 2 is 1.69 bits per heavy atom. The first kappa shape index (κ1) is 41.2. The van der Waals surface area contributed by atoms with Gasteiger partial charge in [-0.25, -0.2) is 18.6 Å². The molecular weight excluding hydrogens is 787 g/mol. The molecule has 4 fully saturated rings. The number of rotatable bonds is 12. The fraction of sp³-hybridized carbons (Fsp3) is 0.600. The van der Waals surface area contributed by atoms with Gasteiger partial charge in [-0.1, -0.05) is 25.0 Å². The molecule has 2 N–H and O–H groups in total. The van der Waals surface area contributed by atoms with E-state index in [0.717, 1.165) is 69.2 Å². The van der Waals surface area contributed by atoms with Gasteiger partial charge in [0.2, 0.25) is 17.8 Å². The largest absolute Gasteiger partial charge is 0.351 e. The van der Waals surface area contributed by atoms with E-state index >= 15 is 0 Å². The number of carbonyl (C=O) groups is 2. The number of imidazole rings is 1. The van der Waals surface area contributed by atoms with Crippen LogP contribution < -0.4 is 21.9 Å². The standard InChI is InChI=1S/C40H52F2N10O6S/c1-47(17-6-18-49-19-13-25(14-20-49)29-9-5-10-31-34(29)48(2)40(56)52(31)32-11-12-33(53)45-37(32)54)59(57,58)50-21-15-27(16-22-50)44-39-43-24-26-23-30(35(41)42)38(55)51(36(26)46-39)28-7-3-4-8-28/h5,9-10,23-25,27-28,32,35H,3-4,6-8,11-22H2,1-2H3,(H,43,44,46)(H,45,53,54). The van der Waals surface area contributed by atoms with Crippen LogP contribution in [0.15, 0.2) is 40.1 Å². The third-order valence-corrected chi connectivity index (χ3v) is 14.9. The van der Waals surface area contributed by atoms with Crippen LogP contribution in [-0.2, 0) is 26.8 Å². The number of hydrogen-bond acceptors (Lipinski definition) is 10. The van der Waals surface area contributed by atoms with Crippen molar-refractivity contribution in [2.75, 3.05) is 51.6 Å². The van der Waals surface area contributed by atoms with Crippen molar-refractivity contribution in [3.05, 3.63) is 62.4 Å². The lowest BCUT2D eigenvalue weighted by molar-refractivity contribution is -0.135. The van der Waals surface area contributed by atoms with Crippen molar-refractivity contribution in [3.8, 4) is 0 Å². The highest BCUT2D eigenvalue weighted by Crippen LogP contribution is 2.35. The van der Waals surface area contributed by atoms with Gasteiger partial charge in [0.05, 0.1) is 16.6 Å². The Morgan fingerprint density at radius 1 is 0.966 bits per heavy atom. The lowest BCUT2D eigenvalue weighted by atomic mass is 9.88. The number of carbonyl (C=O) groups excluding carboxylic acids is 2. The summed E-state index contributed by atoms with van der Waals surface area (Å²) in [5, 5.41) is 6.05. The predicted molar refractivity (Wildman–Crippen MR) is 218 cm³/mol. The molecule has 16 nitrogen and oxygen atoms in total. The molecule has 1 unspecified atom stereocenters. The Labute approximate surface area is 340 Å². The molecule has 1 aromatic carbocycles. The van der Waals surface area contributed by atoms with E-state index in [9.17, 15) is 36.4 Å². The molecule has 4 aliphatic rings. The van der Waals surface area contributed by atoms with Gasteiger partial charge in [-0.2, -0.15) is 22.0 Å². The Hall–Kier alpha value is -4.59. The summed E-state index contributed by atoms with van der Waals surface area (Å²) in [5.41, 5.74) is 1.37. The maximum atomic E-state index is 13.7. The number of para-hydroxylation sites is 1. The number of benzene rings is 1. The fourth-order valence-electron chi connectivity index (χ4n) is 9.61. The Morgan fingerprint density at radius 3 is 2.39 bits per heavy atom. The van der Waals surface area contributed by atoms with Crippen LogP contribution in [0.25, 0.3) is 22.1 Å². The maximum absolute atomic E-state index is 13.7. The molecule has 1 atom stereocenters. The second-order valence-electron chi connectivity index (χ2n) is 16.5. The smallest absolute Gasteiger partial charge is 0.329 e. The highest BCUT2D eigenvalue weighted by molar-refractivity contribution is 7.86. The average molecular weight is 839 g/mol. The van der Waals surface area contributed by atoms with Crippen molar-refractivity contribution in [1.29, 1.82) is 0 Å². The van der Waals surface area contributed by atoms with E-state index in [1.54, 1.807) is 18.7 Å². The van der Waals surface area contributed by atoms with Crippen LogP contribution in [0.1, 0.15) is 106 Å². The minimum absolute atomic E-state index is 0.110. The molecule has 318 valence electrons. The lowest BCUT2D eigenvalue weighted by Gasteiger charge is -2.35. The molecule has 8 rings (SSSR count). The number of anilines is 1. The summed E-state index contributed by atoms with van der Waals surface area (Å²) < 4.78 is 62.1. The van der Waals surface area contributed by atoms with Crippen molar-refractivity contribution in [1.82, 2.24) is 42.5 Å². The molecular formula is C40H52F2N10O6S. The molecule has 0 radical (unpaired) electrons. The number of amides is 2. The second kappa shape index (κ2) is 16.8. The van der Waals surface area contributed by atoms with Crippen LogP contribution in [0.4, 0.5) is 14.7 Å². The highest BCUT2D eigenvalue weighted by Gasteiger charge is 2.34. The Balaban J connectivity index is 0.827. The monoisotopic (exact) mass is 838 g/mol. The molecule has 59 heavy (non-hydrogen) atoms. The van der Waals surface area contributed by atoms with E-state index in [1.165, 1.54) is 30.0 Å². The van der Waals surface area contributed by atoms with E-state index < -0.39 is 39.7 Å². The summed E-state index contributed by atoms with van der Waals surface area (Å²) in [6.45, 7) is 3.40. The van der Waals surface area contributed by atoms with Crippen LogP contribution in [0.2, 0.25) is 0 Å². The van der Waals surface area contributed by atoms with Gasteiger partial charge in [0.15, 0.2) is 0 Å². The minimum atomic E-state index is -3.69. The van der Waals surface area contributed by atoms with Crippen molar-refractivity contribution < 1.29 is 26.8 Å². The normalized spacial score (nSPS) is 21.1. The van der Waals surface area contributed by atoms with Crippen molar-refractivity contribution in [2.24, 2.45) is 7.05 Å². The van der Waals surface area contributed by atoms with Crippen LogP contribution in [0.5, 0.6) is 0 Å². The number of nitrogens with zero attached hydrogens (tertiary/aromatic N) is 8. The molecule has 0 bridgehead atoms. The molecule has 1 aliphatic carbocycles. The summed E-state index contributed by atoms with van der Waals surface area (Å²) in [6.07, 6.45) is 5.79. The van der Waals surface area contributed by atoms with Crippen molar-refractivity contribution in [3.63, 3.8) is 0 Å². The highest BCUT2D eigenvalue weighted by atomic mass is 32.2. The number of fused-ring (bicyclic) bond motifs is 2. The first-order valence-corrected chi connectivity index (χ1v) is 22.2. The van der Waals surface area contributed by atoms with Gasteiger partial charge < -0.3 is 10.2 Å². The van der Waals surface area contributed by atoms with Crippen LogP contribution in [0, 0.1) is 0 Å². The number of imide groups is 1. The quantitative estimate of drug-likeness (QED) is 0.200. The molecule has 2 amide bonds. The zero-order valence-corrected chi connectivity index (χ0v) is 34.3. The second-order valence-corrected chi connectivity index (χ2v) is 18.5. The molecule has 3 aromatic heterocycles. The third kappa shape index (κ3) is 8.05. The van der Waals surface area contributed by atoms with Gasteiger partial charge in [0, 0.05) is 63.8 Å². The number of aryl methyl sites for hydroxylation is 1.